The summed E-state index contributed by atoms with van der Waals surface area (Å²) in [4.78, 5) is 32.2. The van der Waals surface area contributed by atoms with Crippen molar-refractivity contribution in [2.45, 2.75) is 25.3 Å². The van der Waals surface area contributed by atoms with Crippen LogP contribution in [-0.4, -0.2) is 34.0 Å². The molecule has 2 amide bonds. The fourth-order valence-corrected chi connectivity index (χ4v) is 2.95. The number of hydrogen-bond acceptors (Lipinski definition) is 3. The van der Waals surface area contributed by atoms with E-state index in [1.54, 1.807) is 17.0 Å². The molecule has 7 heteroatoms. The van der Waals surface area contributed by atoms with Crippen LogP contribution >= 0.6 is 0 Å². The quantitative estimate of drug-likeness (QED) is 0.903. The molecule has 0 bridgehead atoms. The highest BCUT2D eigenvalue weighted by Gasteiger charge is 2.25. The molecule has 0 spiro atoms. The molecule has 24 heavy (non-hydrogen) atoms. The molecule has 1 atom stereocenters. The maximum atomic E-state index is 13.2. The number of likely N-dealkylation sites (tertiary alicyclic amines) is 1. The average Bonchev–Trinajstić information content (AvgIpc) is 2.60. The molecule has 1 aliphatic heterocycles. The van der Waals surface area contributed by atoms with E-state index in [0.717, 1.165) is 12.8 Å². The van der Waals surface area contributed by atoms with Gasteiger partial charge in [0.15, 0.2) is 0 Å². The lowest BCUT2D eigenvalue weighted by atomic mass is 9.95. The van der Waals surface area contributed by atoms with Gasteiger partial charge in [0.25, 0.3) is 5.56 Å². The molecule has 0 aliphatic carbocycles. The normalized spacial score (nSPS) is 17.5. The summed E-state index contributed by atoms with van der Waals surface area (Å²) in [5.74, 6) is -0.263. The molecule has 1 aromatic carbocycles. The van der Waals surface area contributed by atoms with Crippen molar-refractivity contribution in [3.05, 3.63) is 64.1 Å². The summed E-state index contributed by atoms with van der Waals surface area (Å²) >= 11 is 0. The van der Waals surface area contributed by atoms with Crippen molar-refractivity contribution in [2.24, 2.45) is 0 Å². The minimum Gasteiger partial charge on any atom is -0.334 e. The second kappa shape index (κ2) is 7.25. The van der Waals surface area contributed by atoms with E-state index >= 15 is 0 Å². The van der Waals surface area contributed by atoms with Crippen LogP contribution < -0.4 is 10.9 Å². The van der Waals surface area contributed by atoms with Gasteiger partial charge < -0.3 is 15.2 Å². The van der Waals surface area contributed by atoms with E-state index in [-0.39, 0.29) is 29.9 Å². The third kappa shape index (κ3) is 3.98. The van der Waals surface area contributed by atoms with Gasteiger partial charge in [-0.05, 0) is 30.5 Å². The summed E-state index contributed by atoms with van der Waals surface area (Å²) in [6.07, 6.45) is 3.14. The lowest BCUT2D eigenvalue weighted by Gasteiger charge is -2.32. The van der Waals surface area contributed by atoms with E-state index in [2.05, 4.69) is 15.3 Å². The molecule has 6 nitrogen and oxygen atoms in total. The molecule has 0 unspecified atom stereocenters. The van der Waals surface area contributed by atoms with Gasteiger partial charge in [0.2, 0.25) is 0 Å². The maximum absolute atomic E-state index is 13.2. The van der Waals surface area contributed by atoms with E-state index in [1.165, 1.54) is 24.5 Å². The molecule has 1 saturated heterocycles. The van der Waals surface area contributed by atoms with Gasteiger partial charge >= 0.3 is 6.03 Å². The van der Waals surface area contributed by atoms with Crippen LogP contribution in [0.15, 0.2) is 41.5 Å². The predicted molar refractivity (Wildman–Crippen MR) is 87.0 cm³/mol. The molecule has 2 N–H and O–H groups in total. The Kier molecular flexibility index (Phi) is 4.88. The highest BCUT2D eigenvalue weighted by atomic mass is 19.1. The maximum Gasteiger partial charge on any atom is 0.317 e. The molecule has 0 saturated carbocycles. The summed E-state index contributed by atoms with van der Waals surface area (Å²) in [6, 6.07) is 7.45. The van der Waals surface area contributed by atoms with E-state index in [4.69, 9.17) is 0 Å². The summed E-state index contributed by atoms with van der Waals surface area (Å²) in [6.45, 7) is 1.46. The van der Waals surface area contributed by atoms with Gasteiger partial charge in [0, 0.05) is 31.6 Å². The van der Waals surface area contributed by atoms with Crippen molar-refractivity contribution in [2.75, 3.05) is 13.1 Å². The van der Waals surface area contributed by atoms with Crippen molar-refractivity contribution in [3.63, 3.8) is 0 Å². The first-order chi connectivity index (χ1) is 11.6. The van der Waals surface area contributed by atoms with Gasteiger partial charge in [-0.2, -0.15) is 0 Å². The molecule has 1 fully saturated rings. The zero-order valence-corrected chi connectivity index (χ0v) is 13.2. The SMILES string of the molecule is O=C(NCc1cccc(F)c1)N1CCC[C@H](c2cc(=O)[nH]cn2)C1. The summed E-state index contributed by atoms with van der Waals surface area (Å²) in [7, 11) is 0. The Morgan fingerprint density at radius 2 is 2.29 bits per heavy atom. The number of nitrogens with one attached hydrogen (secondary N) is 2. The van der Waals surface area contributed by atoms with E-state index < -0.39 is 0 Å². The van der Waals surface area contributed by atoms with Gasteiger partial charge in [-0.1, -0.05) is 12.1 Å². The highest BCUT2D eigenvalue weighted by molar-refractivity contribution is 5.74. The molecule has 0 radical (unpaired) electrons. The largest absolute Gasteiger partial charge is 0.334 e. The van der Waals surface area contributed by atoms with Crippen LogP contribution in [0, 0.1) is 5.82 Å². The van der Waals surface area contributed by atoms with Gasteiger partial charge in [-0.15, -0.1) is 0 Å². The number of urea groups is 1. The number of carbonyl (C=O) groups excluding carboxylic acids is 1. The number of hydrogen-bond donors (Lipinski definition) is 2. The van der Waals surface area contributed by atoms with Gasteiger partial charge in [0.1, 0.15) is 5.82 Å². The number of H-pyrrole nitrogens is 1. The van der Waals surface area contributed by atoms with Crippen LogP contribution in [0.25, 0.3) is 0 Å². The van der Waals surface area contributed by atoms with Crippen molar-refractivity contribution in [1.29, 1.82) is 0 Å². The predicted octanol–water partition coefficient (Wildman–Crippen LogP) is 2.00. The number of halogens is 1. The van der Waals surface area contributed by atoms with Crippen LogP contribution in [0.4, 0.5) is 9.18 Å². The van der Waals surface area contributed by atoms with Crippen LogP contribution in [0.5, 0.6) is 0 Å². The Balaban J connectivity index is 1.60. The molecule has 2 aromatic rings. The minimum atomic E-state index is -0.319. The first-order valence-corrected chi connectivity index (χ1v) is 7.93. The zero-order chi connectivity index (χ0) is 16.9. The number of nitrogens with zero attached hydrogens (tertiary/aromatic N) is 2. The molecular formula is C17H19FN4O2. The molecule has 1 aromatic heterocycles. The van der Waals surface area contributed by atoms with Crippen LogP contribution in [-0.2, 0) is 6.54 Å². The minimum absolute atomic E-state index is 0.0565. The second-order valence-electron chi connectivity index (χ2n) is 5.91. The summed E-state index contributed by atoms with van der Waals surface area (Å²) in [5, 5.41) is 2.81. The van der Waals surface area contributed by atoms with Crippen molar-refractivity contribution >= 4 is 6.03 Å². The highest BCUT2D eigenvalue weighted by Crippen LogP contribution is 2.24. The molecule has 2 heterocycles. The van der Waals surface area contributed by atoms with E-state index in [9.17, 15) is 14.0 Å². The second-order valence-corrected chi connectivity index (χ2v) is 5.91. The van der Waals surface area contributed by atoms with Crippen molar-refractivity contribution in [3.8, 4) is 0 Å². The summed E-state index contributed by atoms with van der Waals surface area (Å²) < 4.78 is 13.2. The lowest BCUT2D eigenvalue weighted by molar-refractivity contribution is 0.178. The first kappa shape index (κ1) is 16.2. The first-order valence-electron chi connectivity index (χ1n) is 7.93. The smallest absolute Gasteiger partial charge is 0.317 e. The standard InChI is InChI=1S/C17H19FN4O2/c18-14-5-1-3-12(7-14)9-19-17(24)22-6-2-4-13(10-22)15-8-16(23)21-11-20-15/h1,3,5,7-8,11,13H,2,4,6,9-10H2,(H,19,24)(H,20,21,23)/t13-/m0/s1. The number of piperidine rings is 1. The van der Waals surface area contributed by atoms with Crippen LogP contribution in [0.1, 0.15) is 30.0 Å². The summed E-state index contributed by atoms with van der Waals surface area (Å²) in [5.41, 5.74) is 1.24. The van der Waals surface area contributed by atoms with Crippen LogP contribution in [0.2, 0.25) is 0 Å². The Bertz CT molecular complexity index is 777. The fourth-order valence-electron chi connectivity index (χ4n) is 2.95. The van der Waals surface area contributed by atoms with E-state index in [1.807, 2.05) is 0 Å². The number of rotatable bonds is 3. The molecule has 1 aliphatic rings. The fraction of sp³-hybridized carbons (Fsp3) is 0.353. The number of carbonyl (C=O) groups is 1. The van der Waals surface area contributed by atoms with Gasteiger partial charge in [-0.3, -0.25) is 4.79 Å². The van der Waals surface area contributed by atoms with Crippen molar-refractivity contribution in [1.82, 2.24) is 20.2 Å². The third-order valence-corrected chi connectivity index (χ3v) is 4.16. The number of amides is 2. The Hall–Kier alpha value is -2.70. The van der Waals surface area contributed by atoms with Gasteiger partial charge in [-0.25, -0.2) is 14.2 Å². The van der Waals surface area contributed by atoms with Gasteiger partial charge in [0.05, 0.1) is 12.0 Å². The van der Waals surface area contributed by atoms with Crippen molar-refractivity contribution < 1.29 is 9.18 Å². The molecular weight excluding hydrogens is 311 g/mol. The number of aromatic nitrogens is 2. The van der Waals surface area contributed by atoms with E-state index in [0.29, 0.717) is 24.3 Å². The van der Waals surface area contributed by atoms with Crippen LogP contribution in [0.3, 0.4) is 0 Å². The zero-order valence-electron chi connectivity index (χ0n) is 13.2. The average molecular weight is 330 g/mol. The molecule has 3 rings (SSSR count). The molecule has 126 valence electrons. The Labute approximate surface area is 138 Å². The third-order valence-electron chi connectivity index (χ3n) is 4.16. The number of benzene rings is 1. The lowest BCUT2D eigenvalue weighted by Crippen LogP contribution is -2.44. The monoisotopic (exact) mass is 330 g/mol. The Morgan fingerprint density at radius 1 is 1.42 bits per heavy atom. The Morgan fingerprint density at radius 3 is 3.08 bits per heavy atom. The number of aromatic amines is 1. The topological polar surface area (TPSA) is 78.1 Å².